The normalized spacial score (nSPS) is 14.2. The third kappa shape index (κ3) is 4.82. The van der Waals surface area contributed by atoms with Gasteiger partial charge in [0.1, 0.15) is 12.4 Å². The number of rotatable bonds is 5. The summed E-state index contributed by atoms with van der Waals surface area (Å²) in [6, 6.07) is 15.8. The molecule has 1 fully saturated rings. The molecule has 26 heavy (non-hydrogen) atoms. The van der Waals surface area contributed by atoms with Gasteiger partial charge in [-0.05, 0) is 42.8 Å². The fourth-order valence-corrected chi connectivity index (χ4v) is 3.24. The number of ether oxygens (including phenoxy) is 1. The number of piperazine rings is 1. The molecule has 1 N–H and O–H groups in total. The predicted molar refractivity (Wildman–Crippen MR) is 105 cm³/mol. The van der Waals surface area contributed by atoms with E-state index in [9.17, 15) is 4.79 Å². The highest BCUT2D eigenvalue weighted by atomic mass is 35.5. The number of amides is 2. The van der Waals surface area contributed by atoms with Crippen LogP contribution < -0.4 is 15.0 Å². The van der Waals surface area contributed by atoms with Crippen molar-refractivity contribution in [2.24, 2.45) is 0 Å². The lowest BCUT2D eigenvalue weighted by Gasteiger charge is -2.36. The van der Waals surface area contributed by atoms with Gasteiger partial charge in [-0.3, -0.25) is 0 Å². The highest BCUT2D eigenvalue weighted by Gasteiger charge is 2.20. The monoisotopic (exact) mass is 373 g/mol. The number of hydrogen-bond acceptors (Lipinski definition) is 3. The summed E-state index contributed by atoms with van der Waals surface area (Å²) in [5.41, 5.74) is 2.19. The van der Waals surface area contributed by atoms with E-state index in [4.69, 9.17) is 16.3 Å². The van der Waals surface area contributed by atoms with Crippen molar-refractivity contribution in [3.8, 4) is 5.75 Å². The van der Waals surface area contributed by atoms with Crippen LogP contribution in [0.25, 0.3) is 0 Å². The summed E-state index contributed by atoms with van der Waals surface area (Å²) in [5, 5.41) is 3.62. The van der Waals surface area contributed by atoms with Gasteiger partial charge in [-0.15, -0.1) is 0 Å². The Hall–Kier alpha value is -2.40. The molecule has 0 radical (unpaired) electrons. The second-order valence-electron chi connectivity index (χ2n) is 6.30. The Morgan fingerprint density at radius 1 is 1.12 bits per heavy atom. The number of urea groups is 1. The maximum absolute atomic E-state index is 12.3. The number of hydrogen-bond donors (Lipinski definition) is 1. The van der Waals surface area contributed by atoms with Gasteiger partial charge in [0.25, 0.3) is 0 Å². The molecule has 6 heteroatoms. The molecule has 1 aliphatic heterocycles. The van der Waals surface area contributed by atoms with E-state index in [1.54, 1.807) is 6.07 Å². The molecule has 1 heterocycles. The number of nitrogens with zero attached hydrogens (tertiary/aromatic N) is 2. The minimum Gasteiger partial charge on any atom is -0.491 e. The van der Waals surface area contributed by atoms with Crippen molar-refractivity contribution in [2.45, 2.75) is 6.92 Å². The summed E-state index contributed by atoms with van der Waals surface area (Å²) in [6.45, 7) is 5.98. The molecule has 3 rings (SSSR count). The molecular weight excluding hydrogens is 350 g/mol. The first-order chi connectivity index (χ1) is 12.6. The SMILES string of the molecule is Cc1cc(Cl)ccc1OCCNC(=O)N1CCN(c2ccccc2)CC1. The van der Waals surface area contributed by atoms with Crippen molar-refractivity contribution in [3.63, 3.8) is 0 Å². The zero-order valence-electron chi connectivity index (χ0n) is 15.0. The average Bonchev–Trinajstić information content (AvgIpc) is 2.67. The third-order valence-corrected chi connectivity index (χ3v) is 4.70. The van der Waals surface area contributed by atoms with Crippen LogP contribution in [0.15, 0.2) is 48.5 Å². The molecule has 0 aliphatic carbocycles. The highest BCUT2D eigenvalue weighted by molar-refractivity contribution is 6.30. The Bertz CT molecular complexity index is 731. The van der Waals surface area contributed by atoms with Crippen LogP contribution in [-0.2, 0) is 0 Å². The summed E-state index contributed by atoms with van der Waals surface area (Å²) in [4.78, 5) is 16.4. The van der Waals surface area contributed by atoms with Crippen molar-refractivity contribution in [2.75, 3.05) is 44.2 Å². The molecule has 0 unspecified atom stereocenters. The Labute approximate surface area is 159 Å². The topological polar surface area (TPSA) is 44.8 Å². The maximum atomic E-state index is 12.3. The first-order valence-corrected chi connectivity index (χ1v) is 9.23. The van der Waals surface area contributed by atoms with Crippen molar-refractivity contribution in [1.82, 2.24) is 10.2 Å². The summed E-state index contributed by atoms with van der Waals surface area (Å²) in [7, 11) is 0. The predicted octanol–water partition coefficient (Wildman–Crippen LogP) is 3.56. The zero-order valence-corrected chi connectivity index (χ0v) is 15.7. The minimum absolute atomic E-state index is 0.0332. The van der Waals surface area contributed by atoms with Crippen LogP contribution in [-0.4, -0.2) is 50.3 Å². The van der Waals surface area contributed by atoms with Gasteiger partial charge in [0.15, 0.2) is 0 Å². The number of benzene rings is 2. The van der Waals surface area contributed by atoms with Crippen molar-refractivity contribution in [3.05, 3.63) is 59.1 Å². The summed E-state index contributed by atoms with van der Waals surface area (Å²) in [6.07, 6.45) is 0. The van der Waals surface area contributed by atoms with Gasteiger partial charge >= 0.3 is 6.03 Å². The van der Waals surface area contributed by atoms with Gasteiger partial charge in [-0.1, -0.05) is 29.8 Å². The van der Waals surface area contributed by atoms with E-state index >= 15 is 0 Å². The maximum Gasteiger partial charge on any atom is 0.317 e. The lowest BCUT2D eigenvalue weighted by molar-refractivity contribution is 0.191. The van der Waals surface area contributed by atoms with Gasteiger partial charge in [-0.25, -0.2) is 4.79 Å². The largest absolute Gasteiger partial charge is 0.491 e. The molecule has 1 saturated heterocycles. The number of para-hydroxylation sites is 1. The van der Waals surface area contributed by atoms with Crippen LogP contribution in [0, 0.1) is 6.92 Å². The van der Waals surface area contributed by atoms with E-state index in [0.29, 0.717) is 18.2 Å². The molecule has 5 nitrogen and oxygen atoms in total. The minimum atomic E-state index is -0.0332. The van der Waals surface area contributed by atoms with Gasteiger partial charge in [0.2, 0.25) is 0 Å². The molecule has 1 aliphatic rings. The Morgan fingerprint density at radius 3 is 2.54 bits per heavy atom. The lowest BCUT2D eigenvalue weighted by Crippen LogP contribution is -2.52. The number of carbonyl (C=O) groups is 1. The van der Waals surface area contributed by atoms with Crippen LogP contribution in [0.5, 0.6) is 5.75 Å². The fraction of sp³-hybridized carbons (Fsp3) is 0.350. The number of nitrogens with one attached hydrogen (secondary N) is 1. The van der Waals surface area contributed by atoms with E-state index in [1.807, 2.05) is 42.2 Å². The van der Waals surface area contributed by atoms with E-state index < -0.39 is 0 Å². The number of carbonyl (C=O) groups excluding carboxylic acids is 1. The molecule has 2 amide bonds. The molecule has 0 aromatic heterocycles. The number of aryl methyl sites for hydroxylation is 1. The molecule has 0 spiro atoms. The second kappa shape index (κ2) is 8.81. The van der Waals surface area contributed by atoms with E-state index in [2.05, 4.69) is 22.3 Å². The molecule has 0 saturated carbocycles. The van der Waals surface area contributed by atoms with Gasteiger partial charge < -0.3 is 19.9 Å². The van der Waals surface area contributed by atoms with Crippen LogP contribution in [0.3, 0.4) is 0 Å². The van der Waals surface area contributed by atoms with Crippen molar-refractivity contribution < 1.29 is 9.53 Å². The number of halogens is 1. The molecule has 0 atom stereocenters. The molecule has 2 aromatic rings. The average molecular weight is 374 g/mol. The van der Waals surface area contributed by atoms with E-state index in [1.165, 1.54) is 5.69 Å². The lowest BCUT2D eigenvalue weighted by atomic mass is 10.2. The zero-order chi connectivity index (χ0) is 18.4. The van der Waals surface area contributed by atoms with Gasteiger partial charge in [-0.2, -0.15) is 0 Å². The second-order valence-corrected chi connectivity index (χ2v) is 6.74. The highest BCUT2D eigenvalue weighted by Crippen LogP contribution is 2.21. The molecule has 0 bridgehead atoms. The molecule has 138 valence electrons. The first-order valence-electron chi connectivity index (χ1n) is 8.85. The Kier molecular flexibility index (Phi) is 6.23. The van der Waals surface area contributed by atoms with Gasteiger partial charge in [0.05, 0.1) is 6.54 Å². The number of anilines is 1. The molecular formula is C20H24ClN3O2. The fourth-order valence-electron chi connectivity index (χ4n) is 3.01. The summed E-state index contributed by atoms with van der Waals surface area (Å²) in [5.74, 6) is 0.792. The van der Waals surface area contributed by atoms with Gasteiger partial charge in [0, 0.05) is 36.9 Å². The Balaban J connectivity index is 1.38. The quantitative estimate of drug-likeness (QED) is 0.815. The molecule has 2 aromatic carbocycles. The van der Waals surface area contributed by atoms with E-state index in [-0.39, 0.29) is 6.03 Å². The Morgan fingerprint density at radius 2 is 1.85 bits per heavy atom. The smallest absolute Gasteiger partial charge is 0.317 e. The van der Waals surface area contributed by atoms with Crippen molar-refractivity contribution >= 4 is 23.3 Å². The van der Waals surface area contributed by atoms with Crippen LogP contribution in [0.1, 0.15) is 5.56 Å². The third-order valence-electron chi connectivity index (χ3n) is 4.46. The van der Waals surface area contributed by atoms with Crippen molar-refractivity contribution in [1.29, 1.82) is 0 Å². The van der Waals surface area contributed by atoms with Crippen LogP contribution in [0.4, 0.5) is 10.5 Å². The first kappa shape index (κ1) is 18.4. The van der Waals surface area contributed by atoms with Crippen LogP contribution >= 0.6 is 11.6 Å². The summed E-state index contributed by atoms with van der Waals surface area (Å²) < 4.78 is 5.70. The van der Waals surface area contributed by atoms with E-state index in [0.717, 1.165) is 37.5 Å². The van der Waals surface area contributed by atoms with Crippen LogP contribution in [0.2, 0.25) is 5.02 Å². The standard InChI is InChI=1S/C20H24ClN3O2/c1-16-15-17(21)7-8-19(16)26-14-9-22-20(25)24-12-10-23(11-13-24)18-5-3-2-4-6-18/h2-8,15H,9-14H2,1H3,(H,22,25). The summed E-state index contributed by atoms with van der Waals surface area (Å²) >= 11 is 5.93.